The quantitative estimate of drug-likeness (QED) is 0.732. The Bertz CT molecular complexity index is 431. The molecule has 2 rings (SSSR count). The van der Waals surface area contributed by atoms with Crippen molar-refractivity contribution in [3.63, 3.8) is 0 Å². The highest BCUT2D eigenvalue weighted by molar-refractivity contribution is 5.82. The van der Waals surface area contributed by atoms with E-state index in [1.165, 1.54) is 0 Å². The van der Waals surface area contributed by atoms with Crippen LogP contribution in [0.3, 0.4) is 0 Å². The molecular formula is C13H17NO3. The molecule has 0 bridgehead atoms. The second-order valence-corrected chi connectivity index (χ2v) is 4.16. The SMILES string of the molecule is CCOC(=O)C1COc2ccc(C)cc2N1C. The van der Waals surface area contributed by atoms with Crippen LogP contribution in [0.1, 0.15) is 12.5 Å². The number of likely N-dealkylation sites (N-methyl/N-ethyl adjacent to an activating group) is 1. The topological polar surface area (TPSA) is 38.8 Å². The maximum absolute atomic E-state index is 11.8. The Balaban J connectivity index is 2.25. The number of anilines is 1. The van der Waals surface area contributed by atoms with Crippen molar-refractivity contribution in [1.82, 2.24) is 0 Å². The Morgan fingerprint density at radius 3 is 3.06 bits per heavy atom. The van der Waals surface area contributed by atoms with Gasteiger partial charge < -0.3 is 14.4 Å². The number of hydrogen-bond donors (Lipinski definition) is 0. The molecule has 4 nitrogen and oxygen atoms in total. The predicted octanol–water partition coefficient (Wildman–Crippen LogP) is 1.76. The number of fused-ring (bicyclic) bond motifs is 1. The van der Waals surface area contributed by atoms with Gasteiger partial charge in [0.15, 0.2) is 6.04 Å². The van der Waals surface area contributed by atoms with Crippen LogP contribution < -0.4 is 9.64 Å². The monoisotopic (exact) mass is 235 g/mol. The third-order valence-corrected chi connectivity index (χ3v) is 2.92. The molecule has 4 heteroatoms. The van der Waals surface area contributed by atoms with Gasteiger partial charge in [0.1, 0.15) is 12.4 Å². The van der Waals surface area contributed by atoms with Crippen LogP contribution in [-0.2, 0) is 9.53 Å². The van der Waals surface area contributed by atoms with Gasteiger partial charge in [-0.3, -0.25) is 0 Å². The molecule has 92 valence electrons. The van der Waals surface area contributed by atoms with Crippen LogP contribution in [0.25, 0.3) is 0 Å². The smallest absolute Gasteiger partial charge is 0.332 e. The van der Waals surface area contributed by atoms with Crippen molar-refractivity contribution in [1.29, 1.82) is 0 Å². The summed E-state index contributed by atoms with van der Waals surface area (Å²) in [5.41, 5.74) is 2.08. The third kappa shape index (κ3) is 2.20. The summed E-state index contributed by atoms with van der Waals surface area (Å²) < 4.78 is 10.6. The molecule has 1 aliphatic rings. The number of benzene rings is 1. The number of esters is 1. The summed E-state index contributed by atoms with van der Waals surface area (Å²) in [4.78, 5) is 13.7. The lowest BCUT2D eigenvalue weighted by Crippen LogP contribution is -2.46. The van der Waals surface area contributed by atoms with Gasteiger partial charge in [-0.05, 0) is 31.5 Å². The minimum absolute atomic E-state index is 0.234. The molecule has 0 aromatic heterocycles. The van der Waals surface area contributed by atoms with Gasteiger partial charge in [0.05, 0.1) is 12.3 Å². The van der Waals surface area contributed by atoms with Crippen LogP contribution in [0.15, 0.2) is 18.2 Å². The van der Waals surface area contributed by atoms with Gasteiger partial charge in [0.2, 0.25) is 0 Å². The lowest BCUT2D eigenvalue weighted by atomic mass is 10.1. The number of hydrogen-bond acceptors (Lipinski definition) is 4. The normalized spacial score (nSPS) is 18.3. The molecule has 0 saturated carbocycles. The lowest BCUT2D eigenvalue weighted by molar-refractivity contribution is -0.145. The van der Waals surface area contributed by atoms with Gasteiger partial charge >= 0.3 is 5.97 Å². The first kappa shape index (κ1) is 11.8. The summed E-state index contributed by atoms with van der Waals surface area (Å²) in [5, 5.41) is 0. The number of rotatable bonds is 2. The van der Waals surface area contributed by atoms with Crippen LogP contribution in [0.4, 0.5) is 5.69 Å². The van der Waals surface area contributed by atoms with Gasteiger partial charge in [-0.1, -0.05) is 6.07 Å². The molecule has 0 spiro atoms. The van der Waals surface area contributed by atoms with Crippen molar-refractivity contribution in [3.05, 3.63) is 23.8 Å². The molecule has 1 aliphatic heterocycles. The van der Waals surface area contributed by atoms with E-state index in [4.69, 9.17) is 9.47 Å². The fourth-order valence-corrected chi connectivity index (χ4v) is 1.94. The van der Waals surface area contributed by atoms with E-state index >= 15 is 0 Å². The number of ether oxygens (including phenoxy) is 2. The van der Waals surface area contributed by atoms with E-state index in [-0.39, 0.29) is 12.0 Å². The molecule has 1 aromatic rings. The summed E-state index contributed by atoms with van der Waals surface area (Å²) in [5.74, 6) is 0.584. The first-order valence-electron chi connectivity index (χ1n) is 5.76. The molecule has 0 radical (unpaired) electrons. The maximum Gasteiger partial charge on any atom is 0.332 e. The summed E-state index contributed by atoms with van der Waals surface area (Å²) >= 11 is 0. The van der Waals surface area contributed by atoms with Crippen LogP contribution in [-0.4, -0.2) is 32.3 Å². The van der Waals surface area contributed by atoms with E-state index in [1.54, 1.807) is 6.92 Å². The van der Waals surface area contributed by atoms with Crippen molar-refractivity contribution < 1.29 is 14.3 Å². The summed E-state index contributed by atoms with van der Waals surface area (Å²) in [7, 11) is 1.89. The zero-order valence-electron chi connectivity index (χ0n) is 10.4. The standard InChI is InChI=1S/C13H17NO3/c1-4-16-13(15)11-8-17-12-6-5-9(2)7-10(12)14(11)3/h5-7,11H,4,8H2,1-3H3. The number of carbonyl (C=O) groups excluding carboxylic acids is 1. The molecule has 1 unspecified atom stereocenters. The molecule has 1 atom stereocenters. The van der Waals surface area contributed by atoms with Gasteiger partial charge in [-0.25, -0.2) is 4.79 Å². The first-order chi connectivity index (χ1) is 8.13. The van der Waals surface area contributed by atoms with E-state index in [1.807, 2.05) is 37.1 Å². The van der Waals surface area contributed by atoms with Crippen molar-refractivity contribution >= 4 is 11.7 Å². The number of aryl methyl sites for hydroxylation is 1. The molecule has 0 saturated heterocycles. The molecule has 0 amide bonds. The number of carbonyl (C=O) groups is 1. The van der Waals surface area contributed by atoms with Gasteiger partial charge in [0.25, 0.3) is 0 Å². The average molecular weight is 235 g/mol. The lowest BCUT2D eigenvalue weighted by Gasteiger charge is -2.34. The highest BCUT2D eigenvalue weighted by Gasteiger charge is 2.31. The van der Waals surface area contributed by atoms with Gasteiger partial charge in [-0.2, -0.15) is 0 Å². The summed E-state index contributed by atoms with van der Waals surface area (Å²) in [6.45, 7) is 4.55. The van der Waals surface area contributed by atoms with Crippen LogP contribution in [0, 0.1) is 6.92 Å². The molecule has 1 aromatic carbocycles. The highest BCUT2D eigenvalue weighted by Crippen LogP contribution is 2.33. The van der Waals surface area contributed by atoms with E-state index in [0.717, 1.165) is 17.0 Å². The minimum atomic E-state index is -0.357. The largest absolute Gasteiger partial charge is 0.489 e. The molecular weight excluding hydrogens is 218 g/mol. The second-order valence-electron chi connectivity index (χ2n) is 4.16. The van der Waals surface area contributed by atoms with Crippen LogP contribution >= 0.6 is 0 Å². The Morgan fingerprint density at radius 2 is 2.35 bits per heavy atom. The fourth-order valence-electron chi connectivity index (χ4n) is 1.94. The van der Waals surface area contributed by atoms with Crippen LogP contribution in [0.2, 0.25) is 0 Å². The number of nitrogens with zero attached hydrogens (tertiary/aromatic N) is 1. The predicted molar refractivity (Wildman–Crippen MR) is 65.5 cm³/mol. The third-order valence-electron chi connectivity index (χ3n) is 2.92. The van der Waals surface area contributed by atoms with E-state index in [0.29, 0.717) is 13.2 Å². The zero-order chi connectivity index (χ0) is 12.4. The van der Waals surface area contributed by atoms with Crippen molar-refractivity contribution in [3.8, 4) is 5.75 Å². The van der Waals surface area contributed by atoms with Crippen LogP contribution in [0.5, 0.6) is 5.75 Å². The minimum Gasteiger partial charge on any atom is -0.489 e. The Kier molecular flexibility index (Phi) is 3.22. The molecule has 0 N–H and O–H groups in total. The molecule has 0 fully saturated rings. The average Bonchev–Trinajstić information content (AvgIpc) is 2.30. The molecule has 17 heavy (non-hydrogen) atoms. The molecule has 1 heterocycles. The van der Waals surface area contributed by atoms with Crippen molar-refractivity contribution in [2.75, 3.05) is 25.2 Å². The zero-order valence-corrected chi connectivity index (χ0v) is 10.4. The Hall–Kier alpha value is -1.71. The first-order valence-corrected chi connectivity index (χ1v) is 5.76. The summed E-state index contributed by atoms with van der Waals surface area (Å²) in [6, 6.07) is 5.59. The molecule has 0 aliphatic carbocycles. The van der Waals surface area contributed by atoms with E-state index < -0.39 is 0 Å². The van der Waals surface area contributed by atoms with E-state index in [9.17, 15) is 4.79 Å². The van der Waals surface area contributed by atoms with Gasteiger partial charge in [0, 0.05) is 7.05 Å². The maximum atomic E-state index is 11.8. The Labute approximate surface area is 101 Å². The second kappa shape index (κ2) is 4.65. The van der Waals surface area contributed by atoms with Crippen molar-refractivity contribution in [2.24, 2.45) is 0 Å². The highest BCUT2D eigenvalue weighted by atomic mass is 16.5. The van der Waals surface area contributed by atoms with Gasteiger partial charge in [-0.15, -0.1) is 0 Å². The van der Waals surface area contributed by atoms with Crippen molar-refractivity contribution in [2.45, 2.75) is 19.9 Å². The summed E-state index contributed by atoms with van der Waals surface area (Å²) in [6.07, 6.45) is 0. The Morgan fingerprint density at radius 1 is 1.59 bits per heavy atom. The fraction of sp³-hybridized carbons (Fsp3) is 0.462. The van der Waals surface area contributed by atoms with E-state index in [2.05, 4.69) is 0 Å².